The Morgan fingerprint density at radius 3 is 2.71 bits per heavy atom. The van der Waals surface area contributed by atoms with Gasteiger partial charge in [-0.1, -0.05) is 22.9 Å². The van der Waals surface area contributed by atoms with E-state index < -0.39 is 0 Å². The fourth-order valence-electron chi connectivity index (χ4n) is 1.24. The van der Waals surface area contributed by atoms with Crippen LogP contribution in [0.1, 0.15) is 5.01 Å². The first-order valence-electron chi connectivity index (χ1n) is 5.16. The molecule has 90 valence electrons. The molecule has 0 aliphatic carbocycles. The average molecular weight is 270 g/mol. The largest absolute Gasteiger partial charge is 0.493 e. The molecule has 2 aromatic rings. The van der Waals surface area contributed by atoms with Crippen LogP contribution in [0.2, 0.25) is 5.02 Å². The van der Waals surface area contributed by atoms with Gasteiger partial charge in [0, 0.05) is 18.5 Å². The van der Waals surface area contributed by atoms with Gasteiger partial charge in [-0.2, -0.15) is 0 Å². The van der Waals surface area contributed by atoms with Gasteiger partial charge in [-0.3, -0.25) is 0 Å². The third kappa shape index (κ3) is 3.57. The topological polar surface area (TPSA) is 47.0 Å². The maximum absolute atomic E-state index is 5.78. The molecular weight excluding hydrogens is 258 g/mol. The molecule has 1 N–H and O–H groups in total. The zero-order chi connectivity index (χ0) is 12.1. The Labute approximate surface area is 109 Å². The Kier molecular flexibility index (Phi) is 4.17. The van der Waals surface area contributed by atoms with Crippen LogP contribution in [-0.4, -0.2) is 23.9 Å². The summed E-state index contributed by atoms with van der Waals surface area (Å²) in [4.78, 5) is 0. The van der Waals surface area contributed by atoms with E-state index in [1.54, 1.807) is 12.1 Å². The minimum atomic E-state index is 0.583. The summed E-state index contributed by atoms with van der Waals surface area (Å²) in [5, 5.41) is 13.4. The molecule has 0 spiro atoms. The Hall–Kier alpha value is -1.33. The van der Waals surface area contributed by atoms with Gasteiger partial charge >= 0.3 is 0 Å². The number of anilines is 1. The summed E-state index contributed by atoms with van der Waals surface area (Å²) in [6.07, 6.45) is 0.752. The summed E-state index contributed by atoms with van der Waals surface area (Å²) in [5.74, 6) is 0.813. The number of halogens is 1. The smallest absolute Gasteiger partial charge is 0.205 e. The molecule has 0 amide bonds. The molecule has 1 heterocycles. The number of hydrogen-bond donors (Lipinski definition) is 1. The van der Waals surface area contributed by atoms with E-state index in [2.05, 4.69) is 15.5 Å². The molecule has 0 unspecified atom stereocenters. The van der Waals surface area contributed by atoms with Crippen molar-refractivity contribution in [3.05, 3.63) is 34.3 Å². The van der Waals surface area contributed by atoms with Gasteiger partial charge in [0.1, 0.15) is 10.8 Å². The highest BCUT2D eigenvalue weighted by molar-refractivity contribution is 7.15. The van der Waals surface area contributed by atoms with E-state index in [4.69, 9.17) is 16.3 Å². The summed E-state index contributed by atoms with van der Waals surface area (Å²) in [6.45, 7) is 0.583. The molecular formula is C11H12ClN3OS. The Morgan fingerprint density at radius 2 is 2.06 bits per heavy atom. The molecule has 6 heteroatoms. The number of nitrogens with one attached hydrogen (secondary N) is 1. The predicted octanol–water partition coefficient (Wildman–Crippen LogP) is 2.85. The highest BCUT2D eigenvalue weighted by Crippen LogP contribution is 2.17. The van der Waals surface area contributed by atoms with Crippen LogP contribution in [-0.2, 0) is 6.42 Å². The minimum Gasteiger partial charge on any atom is -0.493 e. The second kappa shape index (κ2) is 5.84. The first kappa shape index (κ1) is 12.1. The molecule has 0 atom stereocenters. The van der Waals surface area contributed by atoms with Crippen LogP contribution in [0.3, 0.4) is 0 Å². The number of ether oxygens (including phenoxy) is 1. The highest BCUT2D eigenvalue weighted by atomic mass is 35.5. The fourth-order valence-corrected chi connectivity index (χ4v) is 2.04. The second-order valence-electron chi connectivity index (χ2n) is 3.30. The molecule has 0 aliphatic heterocycles. The van der Waals surface area contributed by atoms with Crippen molar-refractivity contribution >= 4 is 28.1 Å². The number of hydrogen-bond acceptors (Lipinski definition) is 5. The Balaban J connectivity index is 1.81. The van der Waals surface area contributed by atoms with E-state index in [0.29, 0.717) is 11.6 Å². The van der Waals surface area contributed by atoms with Crippen LogP contribution >= 0.6 is 22.9 Å². The summed E-state index contributed by atoms with van der Waals surface area (Å²) >= 11 is 7.32. The summed E-state index contributed by atoms with van der Waals surface area (Å²) in [6, 6.07) is 7.31. The lowest BCUT2D eigenvalue weighted by Gasteiger charge is -2.03. The second-order valence-corrected chi connectivity index (χ2v) is 4.80. The van der Waals surface area contributed by atoms with Gasteiger partial charge in [-0.15, -0.1) is 10.2 Å². The molecule has 2 rings (SSSR count). The maximum atomic E-state index is 5.78. The van der Waals surface area contributed by atoms with Gasteiger partial charge in [0.15, 0.2) is 0 Å². The Morgan fingerprint density at radius 1 is 1.29 bits per heavy atom. The number of nitrogens with zero attached hydrogens (tertiary/aromatic N) is 2. The van der Waals surface area contributed by atoms with Crippen LogP contribution in [0.25, 0.3) is 0 Å². The van der Waals surface area contributed by atoms with Gasteiger partial charge in [0.2, 0.25) is 5.13 Å². The van der Waals surface area contributed by atoms with Crippen LogP contribution in [0, 0.1) is 0 Å². The van der Waals surface area contributed by atoms with E-state index in [1.807, 2.05) is 19.2 Å². The van der Waals surface area contributed by atoms with Crippen molar-refractivity contribution in [1.82, 2.24) is 10.2 Å². The third-order valence-electron chi connectivity index (χ3n) is 2.08. The zero-order valence-corrected chi connectivity index (χ0v) is 10.9. The monoisotopic (exact) mass is 269 g/mol. The molecule has 0 bridgehead atoms. The lowest BCUT2D eigenvalue weighted by Crippen LogP contribution is -2.00. The van der Waals surface area contributed by atoms with Crippen LogP contribution in [0.5, 0.6) is 5.75 Å². The first-order valence-corrected chi connectivity index (χ1v) is 6.36. The van der Waals surface area contributed by atoms with Gasteiger partial charge in [0.25, 0.3) is 0 Å². The maximum Gasteiger partial charge on any atom is 0.205 e. The lowest BCUT2D eigenvalue weighted by molar-refractivity contribution is 0.321. The summed E-state index contributed by atoms with van der Waals surface area (Å²) in [7, 11) is 1.83. The molecule has 1 aromatic heterocycles. The molecule has 0 radical (unpaired) electrons. The van der Waals surface area contributed by atoms with Crippen LogP contribution in [0.4, 0.5) is 5.13 Å². The molecule has 1 aromatic carbocycles. The fraction of sp³-hybridized carbons (Fsp3) is 0.273. The highest BCUT2D eigenvalue weighted by Gasteiger charge is 2.02. The van der Waals surface area contributed by atoms with Crippen LogP contribution in [0.15, 0.2) is 24.3 Å². The SMILES string of the molecule is CNc1nnc(CCOc2ccc(Cl)cc2)s1. The molecule has 0 saturated carbocycles. The predicted molar refractivity (Wildman–Crippen MR) is 70.1 cm³/mol. The molecule has 0 aliphatic rings. The van der Waals surface area contributed by atoms with Gasteiger partial charge in [-0.05, 0) is 24.3 Å². The minimum absolute atomic E-state index is 0.583. The van der Waals surface area contributed by atoms with Gasteiger partial charge in [0.05, 0.1) is 6.61 Å². The number of aromatic nitrogens is 2. The normalized spacial score (nSPS) is 10.2. The molecule has 0 fully saturated rings. The van der Waals surface area contributed by atoms with E-state index >= 15 is 0 Å². The standard InChI is InChI=1S/C11H12ClN3OS/c1-13-11-15-14-10(17-11)6-7-16-9-4-2-8(12)3-5-9/h2-5H,6-7H2,1H3,(H,13,15). The van der Waals surface area contributed by atoms with Crippen LogP contribution < -0.4 is 10.1 Å². The van der Waals surface area contributed by atoms with Crippen molar-refractivity contribution in [2.24, 2.45) is 0 Å². The molecule has 0 saturated heterocycles. The van der Waals surface area contributed by atoms with Crippen molar-refractivity contribution in [3.8, 4) is 5.75 Å². The number of rotatable bonds is 5. The van der Waals surface area contributed by atoms with E-state index in [0.717, 1.165) is 22.3 Å². The molecule has 17 heavy (non-hydrogen) atoms. The summed E-state index contributed by atoms with van der Waals surface area (Å²) < 4.78 is 5.57. The third-order valence-corrected chi connectivity index (χ3v) is 3.33. The van der Waals surface area contributed by atoms with Crippen molar-refractivity contribution in [3.63, 3.8) is 0 Å². The molecule has 4 nitrogen and oxygen atoms in total. The van der Waals surface area contributed by atoms with Crippen molar-refractivity contribution < 1.29 is 4.74 Å². The van der Waals surface area contributed by atoms with E-state index in [9.17, 15) is 0 Å². The first-order chi connectivity index (χ1) is 8.28. The van der Waals surface area contributed by atoms with Gasteiger partial charge in [-0.25, -0.2) is 0 Å². The quantitative estimate of drug-likeness (QED) is 0.907. The summed E-state index contributed by atoms with van der Waals surface area (Å²) in [5.41, 5.74) is 0. The van der Waals surface area contributed by atoms with Gasteiger partial charge < -0.3 is 10.1 Å². The lowest BCUT2D eigenvalue weighted by atomic mass is 10.3. The Bertz CT molecular complexity index is 472. The van der Waals surface area contributed by atoms with E-state index in [1.165, 1.54) is 11.3 Å². The number of benzene rings is 1. The van der Waals surface area contributed by atoms with Crippen molar-refractivity contribution in [1.29, 1.82) is 0 Å². The van der Waals surface area contributed by atoms with Crippen molar-refractivity contribution in [2.75, 3.05) is 19.0 Å². The zero-order valence-electron chi connectivity index (χ0n) is 9.31. The van der Waals surface area contributed by atoms with Crippen molar-refractivity contribution in [2.45, 2.75) is 6.42 Å². The van der Waals surface area contributed by atoms with E-state index in [-0.39, 0.29) is 0 Å². The average Bonchev–Trinajstić information content (AvgIpc) is 2.80.